The van der Waals surface area contributed by atoms with E-state index in [2.05, 4.69) is 10.1 Å². The largest absolute Gasteiger partial charge is 0.381 e. The van der Waals surface area contributed by atoms with E-state index < -0.39 is 0 Å². The number of nitrogens with two attached hydrogens (primary N) is 1. The van der Waals surface area contributed by atoms with Crippen molar-refractivity contribution in [3.63, 3.8) is 0 Å². The maximum Gasteiger partial charge on any atom is 0.185 e. The van der Waals surface area contributed by atoms with E-state index in [1.165, 1.54) is 12.1 Å². The third-order valence-electron chi connectivity index (χ3n) is 2.38. The third-order valence-corrected chi connectivity index (χ3v) is 2.38. The predicted molar refractivity (Wildman–Crippen MR) is 58.2 cm³/mol. The summed E-state index contributed by atoms with van der Waals surface area (Å²) in [6.45, 7) is 0. The van der Waals surface area contributed by atoms with Crippen LogP contribution in [0.2, 0.25) is 0 Å². The van der Waals surface area contributed by atoms with Gasteiger partial charge in [-0.25, -0.2) is 4.39 Å². The number of nitrogen functional groups attached to an aromatic ring is 1. The topological polar surface area (TPSA) is 67.8 Å². The average molecular weight is 217 g/mol. The Morgan fingerprint density at radius 1 is 1.25 bits per heavy atom. The lowest BCUT2D eigenvalue weighted by Gasteiger charge is -1.88. The maximum atomic E-state index is 13.0. The number of H-pyrrole nitrogens is 1. The fourth-order valence-electron chi connectivity index (χ4n) is 1.65. The summed E-state index contributed by atoms with van der Waals surface area (Å²) in [7, 11) is 0. The number of nitrogens with zero attached hydrogens (tertiary/aromatic N) is 1. The van der Waals surface area contributed by atoms with Crippen molar-refractivity contribution < 1.29 is 8.91 Å². The van der Waals surface area contributed by atoms with Gasteiger partial charge in [0.2, 0.25) is 0 Å². The molecule has 0 aliphatic rings. The van der Waals surface area contributed by atoms with Crippen molar-refractivity contribution in [2.24, 2.45) is 0 Å². The Bertz CT molecular complexity index is 656. The standard InChI is InChI=1S/C11H8FN3O/c12-7-1-2-8-6(3-7)4-9(14-8)10-5-11(13)15-16-10/h1-5,14H,(H2,13,15). The number of fused-ring (bicyclic) bond motifs is 1. The van der Waals surface area contributed by atoms with Gasteiger partial charge in [-0.05, 0) is 24.3 Å². The molecule has 2 aromatic heterocycles. The van der Waals surface area contributed by atoms with Crippen molar-refractivity contribution in [2.75, 3.05) is 5.73 Å². The summed E-state index contributed by atoms with van der Waals surface area (Å²) in [5.41, 5.74) is 7.02. The highest BCUT2D eigenvalue weighted by Gasteiger charge is 2.08. The van der Waals surface area contributed by atoms with Gasteiger partial charge < -0.3 is 15.2 Å². The van der Waals surface area contributed by atoms with E-state index in [9.17, 15) is 4.39 Å². The summed E-state index contributed by atoms with van der Waals surface area (Å²) in [6, 6.07) is 7.93. The molecule has 80 valence electrons. The first-order chi connectivity index (χ1) is 7.72. The molecule has 4 nitrogen and oxygen atoms in total. The molecule has 0 spiro atoms. The molecule has 0 amide bonds. The summed E-state index contributed by atoms with van der Waals surface area (Å²) in [5, 5.41) is 4.37. The van der Waals surface area contributed by atoms with E-state index in [0.29, 0.717) is 11.6 Å². The molecule has 3 rings (SSSR count). The number of anilines is 1. The second-order valence-corrected chi connectivity index (χ2v) is 3.53. The third kappa shape index (κ3) is 1.33. The van der Waals surface area contributed by atoms with Gasteiger partial charge in [0.1, 0.15) is 5.82 Å². The molecule has 0 saturated carbocycles. The minimum atomic E-state index is -0.268. The number of aromatic nitrogens is 2. The van der Waals surface area contributed by atoms with Gasteiger partial charge in [0.25, 0.3) is 0 Å². The minimum Gasteiger partial charge on any atom is -0.381 e. The summed E-state index contributed by atoms with van der Waals surface area (Å²) >= 11 is 0. The van der Waals surface area contributed by atoms with E-state index in [4.69, 9.17) is 10.3 Å². The Hall–Kier alpha value is -2.30. The Kier molecular flexibility index (Phi) is 1.73. The van der Waals surface area contributed by atoms with Crippen molar-refractivity contribution in [2.45, 2.75) is 0 Å². The zero-order valence-electron chi connectivity index (χ0n) is 8.20. The molecule has 0 unspecified atom stereocenters. The first kappa shape index (κ1) is 8.96. The maximum absolute atomic E-state index is 13.0. The average Bonchev–Trinajstić information content (AvgIpc) is 2.83. The lowest BCUT2D eigenvalue weighted by molar-refractivity contribution is 0.435. The van der Waals surface area contributed by atoms with Crippen LogP contribution >= 0.6 is 0 Å². The van der Waals surface area contributed by atoms with Crippen molar-refractivity contribution in [1.29, 1.82) is 0 Å². The molecular weight excluding hydrogens is 209 g/mol. The SMILES string of the molecule is Nc1cc(-c2cc3cc(F)ccc3[nH]2)on1. The number of nitrogens with one attached hydrogen (secondary N) is 1. The van der Waals surface area contributed by atoms with Crippen LogP contribution in [0.1, 0.15) is 0 Å². The van der Waals surface area contributed by atoms with Gasteiger partial charge in [-0.15, -0.1) is 0 Å². The fourth-order valence-corrected chi connectivity index (χ4v) is 1.65. The molecule has 0 aliphatic heterocycles. The monoisotopic (exact) mass is 217 g/mol. The van der Waals surface area contributed by atoms with E-state index in [1.54, 1.807) is 18.2 Å². The molecule has 0 radical (unpaired) electrons. The zero-order valence-corrected chi connectivity index (χ0v) is 8.20. The molecule has 0 fully saturated rings. The molecule has 2 heterocycles. The van der Waals surface area contributed by atoms with Crippen LogP contribution < -0.4 is 5.73 Å². The second-order valence-electron chi connectivity index (χ2n) is 3.53. The molecule has 3 aromatic rings. The van der Waals surface area contributed by atoms with Crippen molar-refractivity contribution in [3.05, 3.63) is 36.1 Å². The molecule has 16 heavy (non-hydrogen) atoms. The van der Waals surface area contributed by atoms with Crippen LogP contribution in [0.5, 0.6) is 0 Å². The van der Waals surface area contributed by atoms with Crippen LogP contribution in [0.15, 0.2) is 34.9 Å². The highest BCUT2D eigenvalue weighted by molar-refractivity contribution is 5.85. The van der Waals surface area contributed by atoms with Crippen LogP contribution in [0, 0.1) is 5.82 Å². The van der Waals surface area contributed by atoms with Crippen LogP contribution in [-0.2, 0) is 0 Å². The number of benzene rings is 1. The number of aromatic amines is 1. The Morgan fingerprint density at radius 3 is 2.88 bits per heavy atom. The van der Waals surface area contributed by atoms with Gasteiger partial charge >= 0.3 is 0 Å². The molecule has 0 atom stereocenters. The Morgan fingerprint density at radius 2 is 2.12 bits per heavy atom. The van der Waals surface area contributed by atoms with Gasteiger partial charge in [0.15, 0.2) is 11.6 Å². The highest BCUT2D eigenvalue weighted by atomic mass is 19.1. The summed E-state index contributed by atoms with van der Waals surface area (Å²) in [4.78, 5) is 3.10. The van der Waals surface area contributed by atoms with E-state index in [1.807, 2.05) is 0 Å². The second kappa shape index (κ2) is 3.10. The number of rotatable bonds is 1. The normalized spacial score (nSPS) is 11.1. The summed E-state index contributed by atoms with van der Waals surface area (Å²) in [5.74, 6) is 0.587. The molecule has 5 heteroatoms. The molecule has 0 saturated heterocycles. The zero-order chi connectivity index (χ0) is 11.1. The first-order valence-electron chi connectivity index (χ1n) is 4.73. The van der Waals surface area contributed by atoms with Crippen molar-refractivity contribution in [1.82, 2.24) is 10.1 Å². The molecular formula is C11H8FN3O. The van der Waals surface area contributed by atoms with Gasteiger partial charge in [0, 0.05) is 17.0 Å². The number of hydrogen-bond acceptors (Lipinski definition) is 3. The van der Waals surface area contributed by atoms with Gasteiger partial charge in [-0.1, -0.05) is 5.16 Å². The Labute approximate surface area is 89.9 Å². The van der Waals surface area contributed by atoms with Crippen molar-refractivity contribution in [3.8, 4) is 11.5 Å². The van der Waals surface area contributed by atoms with Crippen LogP contribution in [0.25, 0.3) is 22.4 Å². The Balaban J connectivity index is 2.18. The number of hydrogen-bond donors (Lipinski definition) is 2. The van der Waals surface area contributed by atoms with Crippen LogP contribution in [0.4, 0.5) is 10.2 Å². The minimum absolute atomic E-state index is 0.268. The van der Waals surface area contributed by atoms with E-state index in [0.717, 1.165) is 16.6 Å². The fraction of sp³-hybridized carbons (Fsp3) is 0. The predicted octanol–water partition coefficient (Wildman–Crippen LogP) is 2.54. The van der Waals surface area contributed by atoms with Gasteiger partial charge in [0.05, 0.1) is 5.69 Å². The van der Waals surface area contributed by atoms with E-state index >= 15 is 0 Å². The van der Waals surface area contributed by atoms with Gasteiger partial charge in [-0.2, -0.15) is 0 Å². The lowest BCUT2D eigenvalue weighted by atomic mass is 10.2. The van der Waals surface area contributed by atoms with Crippen LogP contribution in [-0.4, -0.2) is 10.1 Å². The van der Waals surface area contributed by atoms with Crippen LogP contribution in [0.3, 0.4) is 0 Å². The van der Waals surface area contributed by atoms with E-state index in [-0.39, 0.29) is 5.82 Å². The summed E-state index contributed by atoms with van der Waals surface area (Å²) in [6.07, 6.45) is 0. The number of halogens is 1. The molecule has 1 aromatic carbocycles. The highest BCUT2D eigenvalue weighted by Crippen LogP contribution is 2.25. The van der Waals surface area contributed by atoms with Gasteiger partial charge in [-0.3, -0.25) is 0 Å². The first-order valence-corrected chi connectivity index (χ1v) is 4.73. The van der Waals surface area contributed by atoms with Crippen molar-refractivity contribution >= 4 is 16.7 Å². The molecule has 3 N–H and O–H groups in total. The smallest absolute Gasteiger partial charge is 0.185 e. The lowest BCUT2D eigenvalue weighted by Crippen LogP contribution is -1.79. The molecule has 0 bridgehead atoms. The quantitative estimate of drug-likeness (QED) is 0.658. The molecule has 0 aliphatic carbocycles. The summed E-state index contributed by atoms with van der Waals surface area (Å²) < 4.78 is 18.0.